The summed E-state index contributed by atoms with van der Waals surface area (Å²) >= 11 is 0. The number of fused-ring (bicyclic) bond motifs is 1. The molecule has 0 saturated heterocycles. The highest BCUT2D eigenvalue weighted by molar-refractivity contribution is 6.58. The minimum atomic E-state index is -1.50. The van der Waals surface area contributed by atoms with Crippen LogP contribution >= 0.6 is 0 Å². The van der Waals surface area contributed by atoms with Crippen molar-refractivity contribution in [2.45, 2.75) is 0 Å². The smallest absolute Gasteiger partial charge is 0.423 e. The third-order valence-corrected chi connectivity index (χ3v) is 6.87. The average molecular weight is 491 g/mol. The molecule has 0 aliphatic rings. The van der Waals surface area contributed by atoms with Crippen LogP contribution in [0, 0.1) is 0 Å². The van der Waals surface area contributed by atoms with Crippen molar-refractivity contribution in [2.24, 2.45) is 0 Å². The molecule has 0 heterocycles. The lowest BCUT2D eigenvalue weighted by atomic mass is 9.80. The van der Waals surface area contributed by atoms with E-state index in [0.29, 0.717) is 5.46 Å². The molecule has 38 heavy (non-hydrogen) atoms. The largest absolute Gasteiger partial charge is 0.488 e. The molecule has 0 unspecified atom stereocenters. The van der Waals surface area contributed by atoms with Gasteiger partial charge >= 0.3 is 7.12 Å². The Kier molecular flexibility index (Phi) is 6.49. The van der Waals surface area contributed by atoms with Crippen LogP contribution in [0.5, 0.6) is 0 Å². The third kappa shape index (κ3) is 4.83. The van der Waals surface area contributed by atoms with E-state index >= 15 is 0 Å². The van der Waals surface area contributed by atoms with E-state index in [1.165, 1.54) is 22.1 Å². The number of anilines is 3. The van der Waals surface area contributed by atoms with Crippen molar-refractivity contribution in [1.29, 1.82) is 0 Å². The van der Waals surface area contributed by atoms with Gasteiger partial charge in [-0.1, -0.05) is 103 Å². The van der Waals surface area contributed by atoms with E-state index in [4.69, 9.17) is 0 Å². The predicted octanol–water partition coefficient (Wildman–Crippen LogP) is 7.32. The van der Waals surface area contributed by atoms with Crippen LogP contribution in [-0.4, -0.2) is 17.2 Å². The van der Waals surface area contributed by atoms with Gasteiger partial charge in [0.15, 0.2) is 0 Å². The van der Waals surface area contributed by atoms with Gasteiger partial charge in [0.25, 0.3) is 0 Å². The van der Waals surface area contributed by atoms with E-state index in [2.05, 4.69) is 102 Å². The molecule has 2 N–H and O–H groups in total. The lowest BCUT2D eigenvalue weighted by Crippen LogP contribution is -2.29. The molecule has 0 spiro atoms. The lowest BCUT2D eigenvalue weighted by Gasteiger charge is -2.26. The molecule has 0 atom stereocenters. The molecule has 0 fully saturated rings. The van der Waals surface area contributed by atoms with Crippen LogP contribution in [0.1, 0.15) is 0 Å². The molecule has 0 aliphatic heterocycles. The normalized spacial score (nSPS) is 10.9. The molecule has 6 rings (SSSR count). The van der Waals surface area contributed by atoms with Gasteiger partial charge in [-0.15, -0.1) is 0 Å². The summed E-state index contributed by atoms with van der Waals surface area (Å²) < 4.78 is 0. The number of rotatable bonds is 6. The number of nitrogens with zero attached hydrogens (tertiary/aromatic N) is 1. The molecule has 0 radical (unpaired) electrons. The van der Waals surface area contributed by atoms with Crippen molar-refractivity contribution >= 4 is 40.4 Å². The highest BCUT2D eigenvalue weighted by Gasteiger charge is 2.16. The zero-order valence-corrected chi connectivity index (χ0v) is 20.8. The Morgan fingerprint density at radius 1 is 0.395 bits per heavy atom. The molecule has 0 aromatic heterocycles. The van der Waals surface area contributed by atoms with Gasteiger partial charge in [0.05, 0.1) is 0 Å². The van der Waals surface area contributed by atoms with E-state index in [9.17, 15) is 10.0 Å². The van der Waals surface area contributed by atoms with E-state index in [1.807, 2.05) is 36.4 Å². The van der Waals surface area contributed by atoms with Gasteiger partial charge in [0.2, 0.25) is 0 Å². The second-order valence-electron chi connectivity index (χ2n) is 9.33. The Morgan fingerprint density at radius 2 is 0.842 bits per heavy atom. The molecule has 4 heteroatoms. The summed E-state index contributed by atoms with van der Waals surface area (Å²) in [6.45, 7) is 0. The van der Waals surface area contributed by atoms with Gasteiger partial charge in [-0.3, -0.25) is 0 Å². The predicted molar refractivity (Wildman–Crippen MR) is 159 cm³/mol. The minimum absolute atomic E-state index is 0.458. The van der Waals surface area contributed by atoms with Crippen LogP contribution in [0.2, 0.25) is 0 Å². The van der Waals surface area contributed by atoms with Crippen molar-refractivity contribution < 1.29 is 10.0 Å². The molecule has 6 aromatic rings. The van der Waals surface area contributed by atoms with Gasteiger partial charge in [0.1, 0.15) is 0 Å². The van der Waals surface area contributed by atoms with Crippen LogP contribution < -0.4 is 10.4 Å². The number of hydrogen-bond donors (Lipinski definition) is 2. The summed E-state index contributed by atoms with van der Waals surface area (Å²) in [4.78, 5) is 2.19. The maximum atomic E-state index is 9.59. The summed E-state index contributed by atoms with van der Waals surface area (Å²) in [5.74, 6) is 0. The third-order valence-electron chi connectivity index (χ3n) is 6.87. The Hall–Kier alpha value is -4.64. The molecular weight excluding hydrogens is 465 g/mol. The number of benzene rings is 6. The molecular formula is C34H26BNO2. The van der Waals surface area contributed by atoms with Crippen LogP contribution in [0.15, 0.2) is 146 Å². The van der Waals surface area contributed by atoms with Crippen molar-refractivity contribution in [3.8, 4) is 22.3 Å². The molecule has 0 bridgehead atoms. The second-order valence-corrected chi connectivity index (χ2v) is 9.33. The maximum absolute atomic E-state index is 9.59. The van der Waals surface area contributed by atoms with E-state index < -0.39 is 7.12 Å². The summed E-state index contributed by atoms with van der Waals surface area (Å²) in [6, 6.07) is 49.7. The first-order chi connectivity index (χ1) is 18.7. The fourth-order valence-electron chi connectivity index (χ4n) is 4.86. The monoisotopic (exact) mass is 491 g/mol. The van der Waals surface area contributed by atoms with Gasteiger partial charge in [-0.25, -0.2) is 0 Å². The van der Waals surface area contributed by atoms with Gasteiger partial charge in [0, 0.05) is 17.1 Å². The summed E-state index contributed by atoms with van der Waals surface area (Å²) in [7, 11) is -1.50. The number of hydrogen-bond acceptors (Lipinski definition) is 3. The van der Waals surface area contributed by atoms with Crippen LogP contribution in [-0.2, 0) is 0 Å². The molecule has 0 saturated carbocycles. The van der Waals surface area contributed by atoms with E-state index in [1.54, 1.807) is 12.1 Å². The zero-order valence-electron chi connectivity index (χ0n) is 20.8. The van der Waals surface area contributed by atoms with Crippen LogP contribution in [0.3, 0.4) is 0 Å². The minimum Gasteiger partial charge on any atom is -0.423 e. The average Bonchev–Trinajstić information content (AvgIpc) is 2.98. The molecule has 182 valence electrons. The first kappa shape index (κ1) is 23.7. The molecule has 6 aromatic carbocycles. The molecule has 0 amide bonds. The van der Waals surface area contributed by atoms with Gasteiger partial charge in [-0.2, -0.15) is 0 Å². The van der Waals surface area contributed by atoms with Gasteiger partial charge in [-0.05, 0) is 81.0 Å². The topological polar surface area (TPSA) is 43.7 Å². The quantitative estimate of drug-likeness (QED) is 0.240. The first-order valence-electron chi connectivity index (χ1n) is 12.7. The Labute approximate surface area is 223 Å². The second kappa shape index (κ2) is 10.4. The Balaban J connectivity index is 1.42. The fraction of sp³-hybridized carbons (Fsp3) is 0. The van der Waals surface area contributed by atoms with Crippen molar-refractivity contribution in [3.05, 3.63) is 146 Å². The summed E-state index contributed by atoms with van der Waals surface area (Å²) in [5, 5.41) is 21.5. The van der Waals surface area contributed by atoms with E-state index in [0.717, 1.165) is 28.0 Å². The Morgan fingerprint density at radius 3 is 1.45 bits per heavy atom. The molecule has 3 nitrogen and oxygen atoms in total. The van der Waals surface area contributed by atoms with Crippen molar-refractivity contribution in [3.63, 3.8) is 0 Å². The van der Waals surface area contributed by atoms with Crippen LogP contribution in [0.25, 0.3) is 33.0 Å². The first-order valence-corrected chi connectivity index (χ1v) is 12.7. The Bertz CT molecular complexity index is 1670. The lowest BCUT2D eigenvalue weighted by molar-refractivity contribution is 0.426. The van der Waals surface area contributed by atoms with Crippen molar-refractivity contribution in [1.82, 2.24) is 0 Å². The van der Waals surface area contributed by atoms with Crippen molar-refractivity contribution in [2.75, 3.05) is 4.90 Å². The summed E-state index contributed by atoms with van der Waals surface area (Å²) in [6.07, 6.45) is 0. The zero-order chi connectivity index (χ0) is 25.9. The highest BCUT2D eigenvalue weighted by atomic mass is 16.4. The maximum Gasteiger partial charge on any atom is 0.488 e. The molecule has 0 aliphatic carbocycles. The van der Waals surface area contributed by atoms with Gasteiger partial charge < -0.3 is 14.9 Å². The standard InChI is InChI=1S/C34H26BNO2/c37-35(38)31-16-21-33(22-17-31)36(32-18-13-27(14-19-32)25-7-3-1-4-8-25)34-20-15-29-23-28(11-12-30(29)24-34)26-9-5-2-6-10-26/h1-24,37-38H. The fourth-order valence-corrected chi connectivity index (χ4v) is 4.86. The summed E-state index contributed by atoms with van der Waals surface area (Å²) in [5.41, 5.74) is 8.15. The van der Waals surface area contributed by atoms with E-state index in [-0.39, 0.29) is 0 Å². The highest BCUT2D eigenvalue weighted by Crippen LogP contribution is 2.37. The SMILES string of the molecule is OB(O)c1ccc(N(c2ccc(-c3ccccc3)cc2)c2ccc3cc(-c4ccccc4)ccc3c2)cc1. The van der Waals surface area contributed by atoms with Crippen LogP contribution in [0.4, 0.5) is 17.1 Å².